The summed E-state index contributed by atoms with van der Waals surface area (Å²) in [6.45, 7) is 0.578. The number of benzene rings is 2. The van der Waals surface area contributed by atoms with Gasteiger partial charge in [0.1, 0.15) is 17.6 Å². The molecule has 9 heteroatoms. The number of halogens is 1. The molecule has 2 aromatic carbocycles. The van der Waals surface area contributed by atoms with Crippen LogP contribution >= 0.6 is 0 Å². The number of piperidine rings is 1. The number of hydrogen-bond donors (Lipinski definition) is 2. The molecule has 0 radical (unpaired) electrons. The molecule has 154 valence electrons. The van der Waals surface area contributed by atoms with E-state index in [1.807, 2.05) is 0 Å². The summed E-state index contributed by atoms with van der Waals surface area (Å²) in [4.78, 5) is 48.4. The molecule has 1 saturated heterocycles. The number of ether oxygens (including phenoxy) is 1. The first-order chi connectivity index (χ1) is 14.5. The van der Waals surface area contributed by atoms with Crippen molar-refractivity contribution in [3.8, 4) is 5.75 Å². The molecule has 2 aromatic rings. The van der Waals surface area contributed by atoms with E-state index in [2.05, 4.69) is 10.6 Å². The molecule has 2 heterocycles. The van der Waals surface area contributed by atoms with Gasteiger partial charge in [0.2, 0.25) is 11.8 Å². The number of carbonyl (C=O) groups is 4. The Hall–Kier alpha value is -3.75. The van der Waals surface area contributed by atoms with Gasteiger partial charge < -0.3 is 15.0 Å². The topological polar surface area (TPSA) is 105 Å². The van der Waals surface area contributed by atoms with Crippen LogP contribution in [0.4, 0.5) is 10.1 Å². The maximum Gasteiger partial charge on any atom is 0.298 e. The van der Waals surface area contributed by atoms with E-state index in [1.165, 1.54) is 23.1 Å². The summed E-state index contributed by atoms with van der Waals surface area (Å²) in [7, 11) is 0. The lowest BCUT2D eigenvalue weighted by Gasteiger charge is -2.29. The van der Waals surface area contributed by atoms with Gasteiger partial charge in [-0.3, -0.25) is 24.5 Å². The van der Waals surface area contributed by atoms with E-state index in [4.69, 9.17) is 4.74 Å². The van der Waals surface area contributed by atoms with Crippen molar-refractivity contribution in [2.24, 2.45) is 0 Å². The molecule has 0 spiro atoms. The normalized spacial score (nSPS) is 18.1. The maximum absolute atomic E-state index is 14.1. The van der Waals surface area contributed by atoms with E-state index in [-0.39, 0.29) is 50.0 Å². The fourth-order valence-corrected chi connectivity index (χ4v) is 3.76. The van der Waals surface area contributed by atoms with E-state index in [0.717, 1.165) is 0 Å². The van der Waals surface area contributed by atoms with Gasteiger partial charge in [-0.15, -0.1) is 0 Å². The van der Waals surface area contributed by atoms with Crippen LogP contribution in [-0.2, 0) is 27.5 Å². The first kappa shape index (κ1) is 19.6. The molecule has 1 unspecified atom stereocenters. The van der Waals surface area contributed by atoms with Gasteiger partial charge in [0.05, 0.1) is 0 Å². The van der Waals surface area contributed by atoms with Gasteiger partial charge in [-0.1, -0.05) is 6.07 Å². The Morgan fingerprint density at radius 2 is 2.07 bits per heavy atom. The molecule has 30 heavy (non-hydrogen) atoms. The van der Waals surface area contributed by atoms with Crippen LogP contribution in [0.2, 0.25) is 0 Å². The van der Waals surface area contributed by atoms with Crippen molar-refractivity contribution in [1.29, 1.82) is 0 Å². The van der Waals surface area contributed by atoms with E-state index in [9.17, 15) is 23.6 Å². The monoisotopic (exact) mass is 411 g/mol. The molecule has 1 fully saturated rings. The first-order valence-corrected chi connectivity index (χ1v) is 9.37. The third-order valence-electron chi connectivity index (χ3n) is 5.25. The van der Waals surface area contributed by atoms with Crippen molar-refractivity contribution in [3.63, 3.8) is 0 Å². The summed E-state index contributed by atoms with van der Waals surface area (Å²) >= 11 is 0. The minimum absolute atomic E-state index is 0.102. The van der Waals surface area contributed by atoms with Gasteiger partial charge >= 0.3 is 0 Å². The molecular weight excluding hydrogens is 393 g/mol. The number of carbonyl (C=O) groups excluding carboxylic acids is 4. The van der Waals surface area contributed by atoms with Gasteiger partial charge in [0, 0.05) is 41.9 Å². The highest BCUT2D eigenvalue weighted by Gasteiger charge is 2.39. The predicted octanol–water partition coefficient (Wildman–Crippen LogP) is 1.73. The number of rotatable bonds is 6. The Labute approximate surface area is 171 Å². The van der Waals surface area contributed by atoms with Crippen molar-refractivity contribution < 1.29 is 28.3 Å². The molecule has 0 saturated carbocycles. The Balaban J connectivity index is 1.53. The van der Waals surface area contributed by atoms with Crippen LogP contribution in [0.25, 0.3) is 0 Å². The second-order valence-corrected chi connectivity index (χ2v) is 7.05. The zero-order valence-corrected chi connectivity index (χ0v) is 15.8. The van der Waals surface area contributed by atoms with Crippen LogP contribution in [-0.4, -0.2) is 35.1 Å². The van der Waals surface area contributed by atoms with Gasteiger partial charge in [-0.2, -0.15) is 0 Å². The number of amides is 3. The predicted molar refractivity (Wildman–Crippen MR) is 103 cm³/mol. The summed E-state index contributed by atoms with van der Waals surface area (Å²) in [5.74, 6) is -1.34. The lowest BCUT2D eigenvalue weighted by Crippen LogP contribution is -2.52. The molecule has 0 aromatic heterocycles. The molecule has 4 rings (SSSR count). The highest BCUT2D eigenvalue weighted by atomic mass is 19.1. The Bertz CT molecular complexity index is 1050. The highest BCUT2D eigenvalue weighted by Crippen LogP contribution is 2.32. The van der Waals surface area contributed by atoms with E-state index in [0.29, 0.717) is 22.4 Å². The Morgan fingerprint density at radius 1 is 1.23 bits per heavy atom. The fraction of sp³-hybridized carbons (Fsp3) is 0.238. The molecule has 2 N–H and O–H groups in total. The second kappa shape index (κ2) is 7.94. The lowest BCUT2D eigenvalue weighted by atomic mass is 10.0. The van der Waals surface area contributed by atoms with Crippen LogP contribution in [0.3, 0.4) is 0 Å². The third-order valence-corrected chi connectivity index (χ3v) is 5.25. The molecule has 0 aliphatic carbocycles. The van der Waals surface area contributed by atoms with E-state index < -0.39 is 17.8 Å². The minimum Gasteiger partial charge on any atom is -0.429 e. The first-order valence-electron chi connectivity index (χ1n) is 9.37. The Morgan fingerprint density at radius 3 is 2.83 bits per heavy atom. The minimum atomic E-state index is -0.704. The van der Waals surface area contributed by atoms with Crippen LogP contribution in [0.15, 0.2) is 36.4 Å². The van der Waals surface area contributed by atoms with E-state index in [1.54, 1.807) is 18.2 Å². The smallest absolute Gasteiger partial charge is 0.298 e. The van der Waals surface area contributed by atoms with Crippen LogP contribution < -0.4 is 15.4 Å². The zero-order chi connectivity index (χ0) is 21.3. The van der Waals surface area contributed by atoms with Gasteiger partial charge in [-0.05, 0) is 36.8 Å². The molecule has 1 atom stereocenters. The SMILES string of the molecule is O=COc1ccc(F)c(CNc2cccc3c2CN(C2CCC(=O)NC2=O)C3=O)c1. The molecule has 0 bridgehead atoms. The number of nitrogens with one attached hydrogen (secondary N) is 2. The average molecular weight is 411 g/mol. The summed E-state index contributed by atoms with van der Waals surface area (Å²) in [5, 5.41) is 5.39. The van der Waals surface area contributed by atoms with Crippen LogP contribution in [0.5, 0.6) is 5.75 Å². The van der Waals surface area contributed by atoms with Crippen LogP contribution in [0.1, 0.15) is 34.3 Å². The number of imide groups is 1. The standard InChI is InChI=1S/C21H18FN3O5/c22-16-5-4-13(30-11-26)8-12(16)9-23-17-3-1-2-14-15(17)10-25(21(14)29)18-6-7-19(27)24-20(18)28/h1-5,8,11,18,23H,6-7,9-10H2,(H,24,27,28). The van der Waals surface area contributed by atoms with Gasteiger partial charge in [0.15, 0.2) is 0 Å². The van der Waals surface area contributed by atoms with E-state index >= 15 is 0 Å². The van der Waals surface area contributed by atoms with Gasteiger partial charge in [0.25, 0.3) is 12.4 Å². The number of fused-ring (bicyclic) bond motifs is 1. The molecular formula is C21H18FN3O5. The Kier molecular flexibility index (Phi) is 5.18. The van der Waals surface area contributed by atoms with Gasteiger partial charge in [-0.25, -0.2) is 4.39 Å². The summed E-state index contributed by atoms with van der Waals surface area (Å²) in [6, 6.07) is 8.42. The van der Waals surface area contributed by atoms with Crippen molar-refractivity contribution in [3.05, 3.63) is 58.9 Å². The van der Waals surface area contributed by atoms with Crippen molar-refractivity contribution in [2.75, 3.05) is 5.32 Å². The van der Waals surface area contributed by atoms with Crippen LogP contribution in [0, 0.1) is 5.82 Å². The molecule has 8 nitrogen and oxygen atoms in total. The largest absolute Gasteiger partial charge is 0.429 e. The molecule has 2 aliphatic rings. The third kappa shape index (κ3) is 3.61. The summed E-state index contributed by atoms with van der Waals surface area (Å²) in [5.41, 5.74) is 2.09. The number of anilines is 1. The average Bonchev–Trinajstić information content (AvgIpc) is 3.06. The van der Waals surface area contributed by atoms with Crippen molar-refractivity contribution >= 4 is 29.9 Å². The summed E-state index contributed by atoms with van der Waals surface area (Å²) < 4.78 is 18.9. The lowest BCUT2D eigenvalue weighted by molar-refractivity contribution is -0.137. The maximum atomic E-state index is 14.1. The number of hydrogen-bond acceptors (Lipinski definition) is 6. The molecule has 2 aliphatic heterocycles. The fourth-order valence-electron chi connectivity index (χ4n) is 3.76. The second-order valence-electron chi connectivity index (χ2n) is 7.05. The van der Waals surface area contributed by atoms with Crippen molar-refractivity contribution in [1.82, 2.24) is 10.2 Å². The zero-order valence-electron chi connectivity index (χ0n) is 15.8. The highest BCUT2D eigenvalue weighted by molar-refractivity contribution is 6.06. The summed E-state index contributed by atoms with van der Waals surface area (Å²) in [6.07, 6.45) is 0.460. The quantitative estimate of drug-likeness (QED) is 0.554. The van der Waals surface area contributed by atoms with Crippen molar-refractivity contribution in [2.45, 2.75) is 32.0 Å². The molecule has 3 amide bonds. The number of nitrogens with zero attached hydrogens (tertiary/aromatic N) is 1.